The van der Waals surface area contributed by atoms with Gasteiger partial charge in [0.05, 0.1) is 17.4 Å². The molecule has 0 spiro atoms. The minimum absolute atomic E-state index is 1.00. The fraction of sp³-hybridized carbons (Fsp3) is 0.250. The lowest BCUT2D eigenvalue weighted by Gasteiger charge is -1.91. The molecule has 0 aliphatic carbocycles. The SMILES string of the molecule is Cc1cnn2nc(C)cc2c1. The molecular formula is C8H9N3. The fourth-order valence-electron chi connectivity index (χ4n) is 1.12. The summed E-state index contributed by atoms with van der Waals surface area (Å²) in [5, 5.41) is 8.27. The third kappa shape index (κ3) is 0.981. The van der Waals surface area contributed by atoms with Crippen LogP contribution in [-0.4, -0.2) is 14.8 Å². The number of hydrogen-bond donors (Lipinski definition) is 0. The summed E-state index contributed by atoms with van der Waals surface area (Å²) in [6, 6.07) is 4.08. The van der Waals surface area contributed by atoms with Crippen molar-refractivity contribution in [2.24, 2.45) is 0 Å². The molecule has 3 nitrogen and oxygen atoms in total. The molecule has 0 aliphatic heterocycles. The normalized spacial score (nSPS) is 10.7. The fourth-order valence-corrected chi connectivity index (χ4v) is 1.12. The van der Waals surface area contributed by atoms with Crippen LogP contribution in [0.2, 0.25) is 0 Å². The van der Waals surface area contributed by atoms with Crippen LogP contribution < -0.4 is 0 Å². The van der Waals surface area contributed by atoms with E-state index in [2.05, 4.69) is 16.3 Å². The molecule has 0 fully saturated rings. The average molecular weight is 147 g/mol. The van der Waals surface area contributed by atoms with Crippen LogP contribution in [0.15, 0.2) is 18.3 Å². The van der Waals surface area contributed by atoms with E-state index in [0.29, 0.717) is 0 Å². The summed E-state index contributed by atoms with van der Waals surface area (Å²) >= 11 is 0. The van der Waals surface area contributed by atoms with Crippen LogP contribution in [0.5, 0.6) is 0 Å². The van der Waals surface area contributed by atoms with E-state index in [1.807, 2.05) is 19.9 Å². The summed E-state index contributed by atoms with van der Waals surface area (Å²) < 4.78 is 1.64. The van der Waals surface area contributed by atoms with Crippen molar-refractivity contribution in [1.82, 2.24) is 14.8 Å². The third-order valence-electron chi connectivity index (χ3n) is 1.59. The number of fused-ring (bicyclic) bond motifs is 1. The highest BCUT2D eigenvalue weighted by Crippen LogP contribution is 2.04. The summed E-state index contributed by atoms with van der Waals surface area (Å²) in [5.41, 5.74) is 3.23. The van der Waals surface area contributed by atoms with Gasteiger partial charge >= 0.3 is 0 Å². The maximum Gasteiger partial charge on any atom is 0.0878 e. The Labute approximate surface area is 64.7 Å². The molecule has 2 aromatic rings. The van der Waals surface area contributed by atoms with Gasteiger partial charge in [0.25, 0.3) is 0 Å². The van der Waals surface area contributed by atoms with E-state index in [0.717, 1.165) is 16.8 Å². The van der Waals surface area contributed by atoms with Crippen LogP contribution in [0.1, 0.15) is 11.3 Å². The molecule has 3 heteroatoms. The van der Waals surface area contributed by atoms with E-state index in [9.17, 15) is 0 Å². The van der Waals surface area contributed by atoms with Crippen LogP contribution in [-0.2, 0) is 0 Å². The molecule has 0 bridgehead atoms. The van der Waals surface area contributed by atoms with Gasteiger partial charge < -0.3 is 0 Å². The predicted octanol–water partition coefficient (Wildman–Crippen LogP) is 1.35. The maximum absolute atomic E-state index is 4.16. The first-order chi connectivity index (χ1) is 5.25. The number of aryl methyl sites for hydroxylation is 2. The smallest absolute Gasteiger partial charge is 0.0878 e. The first-order valence-electron chi connectivity index (χ1n) is 3.55. The molecule has 56 valence electrons. The van der Waals surface area contributed by atoms with Crippen molar-refractivity contribution in [2.45, 2.75) is 13.8 Å². The third-order valence-corrected chi connectivity index (χ3v) is 1.59. The zero-order valence-electron chi connectivity index (χ0n) is 6.57. The van der Waals surface area contributed by atoms with Crippen molar-refractivity contribution in [3.63, 3.8) is 0 Å². The summed E-state index contributed by atoms with van der Waals surface area (Å²) in [7, 11) is 0. The molecule has 0 saturated heterocycles. The number of nitrogens with zero attached hydrogens (tertiary/aromatic N) is 3. The van der Waals surface area contributed by atoms with Crippen molar-refractivity contribution < 1.29 is 0 Å². The molecule has 2 heterocycles. The van der Waals surface area contributed by atoms with Crippen LogP contribution in [0.25, 0.3) is 5.52 Å². The molecule has 0 N–H and O–H groups in total. The quantitative estimate of drug-likeness (QED) is 0.563. The highest BCUT2D eigenvalue weighted by atomic mass is 15.4. The van der Waals surface area contributed by atoms with Crippen molar-refractivity contribution in [2.75, 3.05) is 0 Å². The van der Waals surface area contributed by atoms with Gasteiger partial charge in [0, 0.05) is 0 Å². The Morgan fingerprint density at radius 2 is 2.09 bits per heavy atom. The Morgan fingerprint density at radius 1 is 1.27 bits per heavy atom. The van der Waals surface area contributed by atoms with Crippen molar-refractivity contribution in [3.8, 4) is 0 Å². The second-order valence-electron chi connectivity index (χ2n) is 2.73. The van der Waals surface area contributed by atoms with Gasteiger partial charge in [-0.2, -0.15) is 14.8 Å². The molecule has 0 atom stereocenters. The minimum atomic E-state index is 1.00. The molecule has 0 unspecified atom stereocenters. The van der Waals surface area contributed by atoms with Gasteiger partial charge in [0.15, 0.2) is 0 Å². The molecule has 0 radical (unpaired) electrons. The van der Waals surface area contributed by atoms with Gasteiger partial charge in [-0.3, -0.25) is 0 Å². The lowest BCUT2D eigenvalue weighted by atomic mass is 10.3. The summed E-state index contributed by atoms with van der Waals surface area (Å²) in [6.45, 7) is 3.99. The Bertz CT molecular complexity index is 389. The number of hydrogen-bond acceptors (Lipinski definition) is 2. The Morgan fingerprint density at radius 3 is 2.91 bits per heavy atom. The van der Waals surface area contributed by atoms with E-state index in [1.165, 1.54) is 0 Å². The molecule has 0 aromatic carbocycles. The Kier molecular flexibility index (Phi) is 1.18. The molecule has 2 aromatic heterocycles. The lowest BCUT2D eigenvalue weighted by Crippen LogP contribution is -1.92. The van der Waals surface area contributed by atoms with E-state index in [-0.39, 0.29) is 0 Å². The van der Waals surface area contributed by atoms with Crippen molar-refractivity contribution in [3.05, 3.63) is 29.6 Å². The zero-order chi connectivity index (χ0) is 7.84. The van der Waals surface area contributed by atoms with E-state index in [4.69, 9.17) is 0 Å². The molecule has 2 rings (SSSR count). The van der Waals surface area contributed by atoms with Crippen LogP contribution in [0.4, 0.5) is 0 Å². The largest absolute Gasteiger partial charge is 0.158 e. The summed E-state index contributed by atoms with van der Waals surface area (Å²) in [5.74, 6) is 0. The van der Waals surface area contributed by atoms with Gasteiger partial charge in [-0.1, -0.05) is 0 Å². The van der Waals surface area contributed by atoms with Gasteiger partial charge in [-0.15, -0.1) is 0 Å². The zero-order valence-corrected chi connectivity index (χ0v) is 6.57. The van der Waals surface area contributed by atoms with Crippen molar-refractivity contribution in [1.29, 1.82) is 0 Å². The van der Waals surface area contributed by atoms with E-state index < -0.39 is 0 Å². The lowest BCUT2D eigenvalue weighted by molar-refractivity contribution is 0.784. The predicted molar refractivity (Wildman–Crippen MR) is 42.5 cm³/mol. The van der Waals surface area contributed by atoms with Gasteiger partial charge in [0.2, 0.25) is 0 Å². The van der Waals surface area contributed by atoms with Gasteiger partial charge in [-0.05, 0) is 31.5 Å². The molecular weight excluding hydrogens is 138 g/mol. The monoisotopic (exact) mass is 147 g/mol. The second kappa shape index (κ2) is 2.05. The summed E-state index contributed by atoms with van der Waals surface area (Å²) in [6.07, 6.45) is 1.80. The Balaban J connectivity index is 2.82. The molecule has 0 saturated carbocycles. The first kappa shape index (κ1) is 6.34. The molecule has 0 aliphatic rings. The first-order valence-corrected chi connectivity index (χ1v) is 3.55. The second-order valence-corrected chi connectivity index (χ2v) is 2.73. The van der Waals surface area contributed by atoms with E-state index >= 15 is 0 Å². The van der Waals surface area contributed by atoms with Crippen LogP contribution in [0.3, 0.4) is 0 Å². The molecule has 0 amide bonds. The number of aromatic nitrogens is 3. The summed E-state index contributed by atoms with van der Waals surface area (Å²) in [4.78, 5) is 0. The highest BCUT2D eigenvalue weighted by Gasteiger charge is 1.96. The topological polar surface area (TPSA) is 30.2 Å². The number of rotatable bonds is 0. The maximum atomic E-state index is 4.16. The van der Waals surface area contributed by atoms with Crippen LogP contribution in [0, 0.1) is 13.8 Å². The van der Waals surface area contributed by atoms with Gasteiger partial charge in [0.1, 0.15) is 0 Å². The highest BCUT2D eigenvalue weighted by molar-refractivity contribution is 5.47. The van der Waals surface area contributed by atoms with Crippen LogP contribution >= 0.6 is 0 Å². The van der Waals surface area contributed by atoms with Crippen molar-refractivity contribution >= 4 is 5.52 Å². The van der Waals surface area contributed by atoms with Gasteiger partial charge in [-0.25, -0.2) is 0 Å². The Hall–Kier alpha value is -1.38. The standard InChI is InChI=1S/C8H9N3/c1-6-3-8-4-7(2)10-11(8)9-5-6/h3-5H,1-2H3. The van der Waals surface area contributed by atoms with E-state index in [1.54, 1.807) is 10.8 Å². The molecule has 11 heavy (non-hydrogen) atoms. The minimum Gasteiger partial charge on any atom is -0.158 e. The average Bonchev–Trinajstić information content (AvgIpc) is 2.27.